The van der Waals surface area contributed by atoms with E-state index in [0.717, 1.165) is 32.1 Å². The molecule has 0 aromatic heterocycles. The lowest BCUT2D eigenvalue weighted by Crippen LogP contribution is -2.53. The zero-order chi connectivity index (χ0) is 20.8. The molecule has 0 heterocycles. The summed E-state index contributed by atoms with van der Waals surface area (Å²) in [6.45, 7) is 5.13. The molecule has 8 nitrogen and oxygen atoms in total. The number of carbonyl (C=O) groups excluding carboxylic acids is 2. The van der Waals surface area contributed by atoms with Gasteiger partial charge in [0.05, 0.1) is 19.1 Å². The van der Waals surface area contributed by atoms with E-state index in [4.69, 9.17) is 5.11 Å². The van der Waals surface area contributed by atoms with Gasteiger partial charge in [-0.1, -0.05) is 52.9 Å². The van der Waals surface area contributed by atoms with Crippen LogP contribution in [0, 0.1) is 5.92 Å². The first-order valence-corrected chi connectivity index (χ1v) is 9.82. The maximum absolute atomic E-state index is 12.2. The average molecular weight is 389 g/mol. The number of carboxylic acid groups (broad SMARTS) is 1. The highest BCUT2D eigenvalue weighted by atomic mass is 16.4. The molecule has 2 amide bonds. The molecule has 3 atom stereocenters. The van der Waals surface area contributed by atoms with Gasteiger partial charge in [-0.05, 0) is 18.8 Å². The highest BCUT2D eigenvalue weighted by molar-refractivity contribution is 5.90. The molecule has 0 bridgehead atoms. The van der Waals surface area contributed by atoms with Crippen molar-refractivity contribution < 1.29 is 29.7 Å². The Hall–Kier alpha value is -1.67. The summed E-state index contributed by atoms with van der Waals surface area (Å²) in [4.78, 5) is 35.4. The Bertz CT molecular complexity index is 455. The van der Waals surface area contributed by atoms with E-state index in [-0.39, 0.29) is 18.8 Å². The van der Waals surface area contributed by atoms with E-state index >= 15 is 0 Å². The molecule has 0 saturated heterocycles. The van der Waals surface area contributed by atoms with Crippen molar-refractivity contribution in [3.63, 3.8) is 0 Å². The second-order valence-electron chi connectivity index (χ2n) is 7.39. The van der Waals surface area contributed by atoms with Gasteiger partial charge in [0, 0.05) is 0 Å². The summed E-state index contributed by atoms with van der Waals surface area (Å²) in [6.07, 6.45) is 4.99. The van der Waals surface area contributed by atoms with E-state index < -0.39 is 42.6 Å². The summed E-state index contributed by atoms with van der Waals surface area (Å²) in [5, 5.41) is 33.1. The summed E-state index contributed by atoms with van der Waals surface area (Å²) >= 11 is 0. The van der Waals surface area contributed by atoms with Crippen molar-refractivity contribution in [2.75, 3.05) is 6.61 Å². The molecule has 5 N–H and O–H groups in total. The molecule has 1 unspecified atom stereocenters. The first-order chi connectivity index (χ1) is 12.7. The number of hydrogen-bond acceptors (Lipinski definition) is 5. The smallest absolute Gasteiger partial charge is 0.326 e. The van der Waals surface area contributed by atoms with Gasteiger partial charge >= 0.3 is 5.97 Å². The minimum atomic E-state index is -1.25. The second-order valence-corrected chi connectivity index (χ2v) is 7.39. The number of nitrogens with one attached hydrogen (secondary N) is 2. The van der Waals surface area contributed by atoms with Gasteiger partial charge in [0.1, 0.15) is 12.1 Å². The van der Waals surface area contributed by atoms with Crippen molar-refractivity contribution in [1.82, 2.24) is 10.6 Å². The van der Waals surface area contributed by atoms with Crippen LogP contribution in [0.4, 0.5) is 0 Å². The van der Waals surface area contributed by atoms with Crippen molar-refractivity contribution in [2.45, 2.75) is 90.3 Å². The summed E-state index contributed by atoms with van der Waals surface area (Å²) < 4.78 is 0. The minimum Gasteiger partial charge on any atom is -0.480 e. The van der Waals surface area contributed by atoms with Crippen LogP contribution in [0.25, 0.3) is 0 Å². The van der Waals surface area contributed by atoms with Crippen LogP contribution in [0.1, 0.15) is 72.1 Å². The molecular formula is C19H36N2O6. The highest BCUT2D eigenvalue weighted by Gasteiger charge is 2.27. The number of rotatable bonds is 15. The number of aliphatic hydroxyl groups is 2. The molecular weight excluding hydrogens is 352 g/mol. The highest BCUT2D eigenvalue weighted by Crippen LogP contribution is 2.09. The first-order valence-electron chi connectivity index (χ1n) is 9.82. The molecule has 0 fully saturated rings. The number of hydrogen-bond donors (Lipinski definition) is 5. The van der Waals surface area contributed by atoms with E-state index in [1.54, 1.807) is 0 Å². The Balaban J connectivity index is 4.40. The Labute approximate surface area is 161 Å². The molecule has 0 radical (unpaired) electrons. The minimum absolute atomic E-state index is 0.0565. The van der Waals surface area contributed by atoms with Crippen LogP contribution in [0.2, 0.25) is 0 Å². The van der Waals surface area contributed by atoms with Gasteiger partial charge in [-0.25, -0.2) is 4.79 Å². The van der Waals surface area contributed by atoms with Gasteiger partial charge in [-0.3, -0.25) is 9.59 Å². The molecule has 8 heteroatoms. The fourth-order valence-electron chi connectivity index (χ4n) is 2.71. The number of carbonyl (C=O) groups is 3. The quantitative estimate of drug-likeness (QED) is 0.267. The number of amides is 2. The largest absolute Gasteiger partial charge is 0.480 e. The zero-order valence-corrected chi connectivity index (χ0v) is 16.7. The molecule has 158 valence electrons. The predicted octanol–water partition coefficient (Wildman–Crippen LogP) is 1.19. The normalized spacial score (nSPS) is 14.4. The predicted molar refractivity (Wildman–Crippen MR) is 102 cm³/mol. The topological polar surface area (TPSA) is 136 Å². The summed E-state index contributed by atoms with van der Waals surface area (Å²) in [6, 6.07) is -2.33. The molecule has 0 aliphatic heterocycles. The third kappa shape index (κ3) is 12.4. The first kappa shape index (κ1) is 25.3. The lowest BCUT2D eigenvalue weighted by atomic mass is 10.0. The molecule has 27 heavy (non-hydrogen) atoms. The molecule has 0 aliphatic rings. The van der Waals surface area contributed by atoms with Crippen LogP contribution >= 0.6 is 0 Å². The van der Waals surface area contributed by atoms with E-state index in [9.17, 15) is 24.6 Å². The number of aliphatic carboxylic acids is 1. The standard InChI is InChI=1S/C19H36N2O6/c1-4-5-6-7-8-9-14(23)11-17(24)20-16(12-22)18(25)21-15(19(26)27)10-13(2)3/h13-16,22-23H,4-12H2,1-3H3,(H,20,24)(H,21,25)(H,26,27)/t14?,15-,16-/m0/s1. The summed E-state index contributed by atoms with van der Waals surface area (Å²) in [7, 11) is 0. The maximum Gasteiger partial charge on any atom is 0.326 e. The summed E-state index contributed by atoms with van der Waals surface area (Å²) in [5.74, 6) is -2.42. The fourth-order valence-corrected chi connectivity index (χ4v) is 2.71. The monoisotopic (exact) mass is 388 g/mol. The summed E-state index contributed by atoms with van der Waals surface area (Å²) in [5.41, 5.74) is 0. The number of aliphatic hydroxyl groups excluding tert-OH is 2. The zero-order valence-electron chi connectivity index (χ0n) is 16.7. The van der Waals surface area contributed by atoms with Crippen LogP contribution in [-0.2, 0) is 14.4 Å². The van der Waals surface area contributed by atoms with Crippen LogP contribution in [-0.4, -0.2) is 57.9 Å². The van der Waals surface area contributed by atoms with Gasteiger partial charge in [0.25, 0.3) is 0 Å². The van der Waals surface area contributed by atoms with Crippen LogP contribution in [0.3, 0.4) is 0 Å². The molecule has 0 aliphatic carbocycles. The number of carboxylic acids is 1. The van der Waals surface area contributed by atoms with E-state index in [2.05, 4.69) is 17.6 Å². The van der Waals surface area contributed by atoms with Gasteiger partial charge in [0.15, 0.2) is 0 Å². The third-order valence-electron chi connectivity index (χ3n) is 4.22. The average Bonchev–Trinajstić information content (AvgIpc) is 2.58. The van der Waals surface area contributed by atoms with Gasteiger partial charge < -0.3 is 26.0 Å². The van der Waals surface area contributed by atoms with Crippen molar-refractivity contribution in [3.8, 4) is 0 Å². The van der Waals surface area contributed by atoms with Gasteiger partial charge in [-0.2, -0.15) is 0 Å². The van der Waals surface area contributed by atoms with Gasteiger partial charge in [0.2, 0.25) is 11.8 Å². The van der Waals surface area contributed by atoms with Crippen molar-refractivity contribution in [1.29, 1.82) is 0 Å². The SMILES string of the molecule is CCCCCCCC(O)CC(=O)N[C@@H](CO)C(=O)N[C@@H](CC(C)C)C(=O)O. The third-order valence-corrected chi connectivity index (χ3v) is 4.22. The lowest BCUT2D eigenvalue weighted by Gasteiger charge is -2.21. The fraction of sp³-hybridized carbons (Fsp3) is 0.842. The maximum atomic E-state index is 12.2. The van der Waals surface area contributed by atoms with Crippen LogP contribution in [0.5, 0.6) is 0 Å². The van der Waals surface area contributed by atoms with Crippen molar-refractivity contribution >= 4 is 17.8 Å². The lowest BCUT2D eigenvalue weighted by molar-refractivity contribution is -0.143. The molecule has 0 aromatic rings. The molecule has 0 saturated carbocycles. The van der Waals surface area contributed by atoms with Crippen LogP contribution in [0.15, 0.2) is 0 Å². The Morgan fingerprint density at radius 1 is 0.963 bits per heavy atom. The van der Waals surface area contributed by atoms with Crippen molar-refractivity contribution in [3.05, 3.63) is 0 Å². The Morgan fingerprint density at radius 3 is 2.11 bits per heavy atom. The number of unbranched alkanes of at least 4 members (excludes halogenated alkanes) is 4. The Morgan fingerprint density at radius 2 is 1.59 bits per heavy atom. The Kier molecular flexibility index (Phi) is 13.5. The van der Waals surface area contributed by atoms with Crippen molar-refractivity contribution in [2.24, 2.45) is 5.92 Å². The van der Waals surface area contributed by atoms with E-state index in [1.165, 1.54) is 0 Å². The van der Waals surface area contributed by atoms with Crippen LogP contribution < -0.4 is 10.6 Å². The molecule has 0 aromatic carbocycles. The molecule has 0 rings (SSSR count). The van der Waals surface area contributed by atoms with Gasteiger partial charge in [-0.15, -0.1) is 0 Å². The second kappa shape index (κ2) is 14.4. The van der Waals surface area contributed by atoms with E-state index in [0.29, 0.717) is 6.42 Å². The van der Waals surface area contributed by atoms with E-state index in [1.807, 2.05) is 13.8 Å². The molecule has 0 spiro atoms.